The summed E-state index contributed by atoms with van der Waals surface area (Å²) in [5.74, 6) is 1.77. The Balaban J connectivity index is 1.53. The molecule has 1 heterocycles. The van der Waals surface area contributed by atoms with E-state index in [1.165, 1.54) is 5.56 Å². The van der Waals surface area contributed by atoms with Gasteiger partial charge in [-0.3, -0.25) is 0 Å². The van der Waals surface area contributed by atoms with E-state index in [1.54, 1.807) is 7.11 Å². The van der Waals surface area contributed by atoms with Crippen LogP contribution in [0, 0.1) is 0 Å². The van der Waals surface area contributed by atoms with Crippen LogP contribution in [-0.4, -0.2) is 16.7 Å². The van der Waals surface area contributed by atoms with Crippen molar-refractivity contribution in [2.75, 3.05) is 7.11 Å². The number of benzene rings is 3. The molecule has 0 aliphatic rings. The Morgan fingerprint density at radius 2 is 1.41 bits per heavy atom. The molecule has 146 valence electrons. The fraction of sp³-hybridized carbons (Fsp3) is 0.160. The number of aromatic nitrogens is 2. The third-order valence-corrected chi connectivity index (χ3v) is 4.68. The normalized spacial score (nSPS) is 10.8. The maximum absolute atomic E-state index is 5.91. The largest absolute Gasteiger partial charge is 0.489 e. The molecule has 29 heavy (non-hydrogen) atoms. The summed E-state index contributed by atoms with van der Waals surface area (Å²) in [5, 5.41) is 0. The van der Waals surface area contributed by atoms with E-state index in [9.17, 15) is 0 Å². The number of rotatable bonds is 8. The minimum atomic E-state index is 0.493. The highest BCUT2D eigenvalue weighted by Gasteiger charge is 2.11. The van der Waals surface area contributed by atoms with Crippen molar-refractivity contribution >= 4 is 0 Å². The summed E-state index contributed by atoms with van der Waals surface area (Å²) in [4.78, 5) is 4.79. The van der Waals surface area contributed by atoms with Crippen molar-refractivity contribution < 1.29 is 9.47 Å². The van der Waals surface area contributed by atoms with E-state index in [0.29, 0.717) is 13.2 Å². The SMILES string of the molecule is COCc1cn(Cc2ccccc2)c(-c2ccc(OCc3ccccc3)cc2)n1. The Hall–Kier alpha value is -3.37. The second kappa shape index (κ2) is 9.22. The van der Waals surface area contributed by atoms with Gasteiger partial charge in [-0.25, -0.2) is 4.98 Å². The first-order valence-electron chi connectivity index (χ1n) is 9.68. The van der Waals surface area contributed by atoms with Crippen LogP contribution in [0.4, 0.5) is 0 Å². The van der Waals surface area contributed by atoms with Crippen LogP contribution in [0.2, 0.25) is 0 Å². The van der Waals surface area contributed by atoms with Gasteiger partial charge in [-0.15, -0.1) is 0 Å². The van der Waals surface area contributed by atoms with Crippen LogP contribution in [0.5, 0.6) is 5.75 Å². The number of nitrogens with zero attached hydrogens (tertiary/aromatic N) is 2. The van der Waals surface area contributed by atoms with Crippen molar-refractivity contribution in [2.24, 2.45) is 0 Å². The van der Waals surface area contributed by atoms with Crippen molar-refractivity contribution in [3.05, 3.63) is 108 Å². The molecule has 1 aromatic heterocycles. The predicted molar refractivity (Wildman–Crippen MR) is 115 cm³/mol. The monoisotopic (exact) mass is 384 g/mol. The molecule has 0 N–H and O–H groups in total. The lowest BCUT2D eigenvalue weighted by molar-refractivity contribution is 0.182. The Morgan fingerprint density at radius 3 is 2.07 bits per heavy atom. The Bertz CT molecular complexity index is 1030. The Kier molecular flexibility index (Phi) is 6.03. The molecule has 0 aliphatic carbocycles. The summed E-state index contributed by atoms with van der Waals surface area (Å²) in [6, 6.07) is 28.7. The van der Waals surface area contributed by atoms with Crippen molar-refractivity contribution in [1.29, 1.82) is 0 Å². The second-order valence-electron chi connectivity index (χ2n) is 6.90. The second-order valence-corrected chi connectivity index (χ2v) is 6.90. The zero-order valence-corrected chi connectivity index (χ0v) is 16.5. The van der Waals surface area contributed by atoms with Crippen LogP contribution < -0.4 is 4.74 Å². The van der Waals surface area contributed by atoms with Gasteiger partial charge in [0, 0.05) is 25.4 Å². The maximum Gasteiger partial charge on any atom is 0.140 e. The number of ether oxygens (including phenoxy) is 2. The molecule has 0 fully saturated rings. The van der Waals surface area contributed by atoms with Crippen LogP contribution in [0.25, 0.3) is 11.4 Å². The van der Waals surface area contributed by atoms with Gasteiger partial charge in [0.25, 0.3) is 0 Å². The van der Waals surface area contributed by atoms with Crippen LogP contribution in [-0.2, 0) is 24.5 Å². The van der Waals surface area contributed by atoms with Crippen LogP contribution in [0.3, 0.4) is 0 Å². The van der Waals surface area contributed by atoms with E-state index >= 15 is 0 Å². The fourth-order valence-electron chi connectivity index (χ4n) is 3.26. The molecule has 4 nitrogen and oxygen atoms in total. The summed E-state index contributed by atoms with van der Waals surface area (Å²) in [5.41, 5.74) is 4.36. The van der Waals surface area contributed by atoms with E-state index in [-0.39, 0.29) is 0 Å². The van der Waals surface area contributed by atoms with Gasteiger partial charge >= 0.3 is 0 Å². The lowest BCUT2D eigenvalue weighted by Gasteiger charge is -2.10. The molecule has 3 aromatic carbocycles. The van der Waals surface area contributed by atoms with Gasteiger partial charge in [0.05, 0.1) is 12.3 Å². The summed E-state index contributed by atoms with van der Waals surface area (Å²) in [7, 11) is 1.69. The van der Waals surface area contributed by atoms with Gasteiger partial charge < -0.3 is 14.0 Å². The number of hydrogen-bond acceptors (Lipinski definition) is 3. The van der Waals surface area contributed by atoms with E-state index in [2.05, 4.69) is 59.3 Å². The summed E-state index contributed by atoms with van der Waals surface area (Å²) >= 11 is 0. The maximum atomic E-state index is 5.91. The van der Waals surface area contributed by atoms with Gasteiger partial charge in [0.2, 0.25) is 0 Å². The summed E-state index contributed by atoms with van der Waals surface area (Å²) in [6.45, 7) is 1.81. The quantitative estimate of drug-likeness (QED) is 0.412. The average Bonchev–Trinajstić information content (AvgIpc) is 3.16. The van der Waals surface area contributed by atoms with E-state index in [0.717, 1.165) is 34.9 Å². The van der Waals surface area contributed by atoms with Crippen LogP contribution >= 0.6 is 0 Å². The van der Waals surface area contributed by atoms with Crippen molar-refractivity contribution in [3.8, 4) is 17.1 Å². The van der Waals surface area contributed by atoms with Gasteiger partial charge in [-0.2, -0.15) is 0 Å². The first-order valence-corrected chi connectivity index (χ1v) is 9.68. The van der Waals surface area contributed by atoms with Crippen molar-refractivity contribution in [3.63, 3.8) is 0 Å². The molecule has 0 atom stereocenters. The number of methoxy groups -OCH3 is 1. The molecule has 4 aromatic rings. The Morgan fingerprint density at radius 1 is 0.759 bits per heavy atom. The minimum Gasteiger partial charge on any atom is -0.489 e. The van der Waals surface area contributed by atoms with E-state index in [1.807, 2.05) is 36.4 Å². The molecule has 0 unspecified atom stereocenters. The topological polar surface area (TPSA) is 36.3 Å². The highest BCUT2D eigenvalue weighted by Crippen LogP contribution is 2.24. The number of imidazole rings is 1. The molecule has 4 rings (SSSR count). The molecule has 0 aliphatic heterocycles. The third kappa shape index (κ3) is 4.92. The van der Waals surface area contributed by atoms with Crippen LogP contribution in [0.15, 0.2) is 91.1 Å². The zero-order chi connectivity index (χ0) is 19.9. The predicted octanol–water partition coefficient (Wildman–Crippen LogP) is 5.32. The van der Waals surface area contributed by atoms with Gasteiger partial charge in [0.1, 0.15) is 18.2 Å². The smallest absolute Gasteiger partial charge is 0.140 e. The van der Waals surface area contributed by atoms with E-state index in [4.69, 9.17) is 14.5 Å². The molecular formula is C25H24N2O2. The van der Waals surface area contributed by atoms with Crippen molar-refractivity contribution in [1.82, 2.24) is 9.55 Å². The standard InChI is InChI=1S/C25H24N2O2/c1-28-19-23-17-27(16-20-8-4-2-5-9-20)25(26-23)22-12-14-24(15-13-22)29-18-21-10-6-3-7-11-21/h2-15,17H,16,18-19H2,1H3. The lowest BCUT2D eigenvalue weighted by Crippen LogP contribution is -2.01. The summed E-state index contributed by atoms with van der Waals surface area (Å²) < 4.78 is 13.4. The molecule has 0 amide bonds. The highest BCUT2D eigenvalue weighted by molar-refractivity contribution is 5.57. The van der Waals surface area contributed by atoms with Crippen LogP contribution in [0.1, 0.15) is 16.8 Å². The molecule has 0 bridgehead atoms. The van der Waals surface area contributed by atoms with Gasteiger partial charge in [-0.05, 0) is 35.4 Å². The Labute approximate surface area is 171 Å². The third-order valence-electron chi connectivity index (χ3n) is 4.68. The van der Waals surface area contributed by atoms with Gasteiger partial charge in [0.15, 0.2) is 0 Å². The fourth-order valence-corrected chi connectivity index (χ4v) is 3.26. The molecule has 0 saturated heterocycles. The van der Waals surface area contributed by atoms with Crippen molar-refractivity contribution in [2.45, 2.75) is 19.8 Å². The molecule has 0 saturated carbocycles. The molecule has 0 radical (unpaired) electrons. The minimum absolute atomic E-state index is 0.493. The first-order chi connectivity index (χ1) is 14.3. The molecule has 0 spiro atoms. The highest BCUT2D eigenvalue weighted by atomic mass is 16.5. The lowest BCUT2D eigenvalue weighted by atomic mass is 10.2. The van der Waals surface area contributed by atoms with E-state index < -0.39 is 0 Å². The summed E-state index contributed by atoms with van der Waals surface area (Å²) in [6.07, 6.45) is 2.06. The van der Waals surface area contributed by atoms with Gasteiger partial charge in [-0.1, -0.05) is 60.7 Å². The number of hydrogen-bond donors (Lipinski definition) is 0. The molecule has 4 heteroatoms. The zero-order valence-electron chi connectivity index (χ0n) is 16.5. The first kappa shape index (κ1) is 19.0. The average molecular weight is 384 g/mol. The molecular weight excluding hydrogens is 360 g/mol.